The molecule has 0 aliphatic carbocycles. The van der Waals surface area contributed by atoms with Gasteiger partial charge in [-0.25, -0.2) is 12.7 Å². The summed E-state index contributed by atoms with van der Waals surface area (Å²) in [4.78, 5) is 24.3. The van der Waals surface area contributed by atoms with Gasteiger partial charge >= 0.3 is 0 Å². The fourth-order valence-electron chi connectivity index (χ4n) is 2.45. The molecule has 0 aromatic heterocycles. The fourth-order valence-corrected chi connectivity index (χ4v) is 4.02. The first-order valence-corrected chi connectivity index (χ1v) is 9.55. The van der Waals surface area contributed by atoms with Gasteiger partial charge in [-0.15, -0.1) is 10.0 Å². The highest BCUT2D eigenvalue weighted by molar-refractivity contribution is 7.89. The molecule has 1 rings (SSSR count). The lowest BCUT2D eigenvalue weighted by Crippen LogP contribution is -2.54. The first kappa shape index (κ1) is 21.2. The van der Waals surface area contributed by atoms with E-state index in [0.29, 0.717) is 10.6 Å². The Kier molecular flexibility index (Phi) is 7.69. The standard InChI is InChI=1S/C17H25FN2O4S/c1-12(2)10-14(11-21)20(17(22)16(19-18)13(3)4)25(23,24)15-8-6-5-7-9-15/h5-9,11-14,16,19H,10H2,1-4H3/t14-,16+/m1/s1. The number of benzene rings is 1. The van der Waals surface area contributed by atoms with Gasteiger partial charge < -0.3 is 4.79 Å². The monoisotopic (exact) mass is 372 g/mol. The summed E-state index contributed by atoms with van der Waals surface area (Å²) in [6.45, 7) is 6.78. The average Bonchev–Trinajstić information content (AvgIpc) is 2.54. The van der Waals surface area contributed by atoms with E-state index in [2.05, 4.69) is 0 Å². The molecule has 2 atom stereocenters. The molecule has 1 amide bonds. The Labute approximate surface area is 148 Å². The van der Waals surface area contributed by atoms with E-state index in [0.717, 1.165) is 0 Å². The number of nitrogens with one attached hydrogen (secondary N) is 1. The molecule has 0 aliphatic heterocycles. The Morgan fingerprint density at radius 2 is 1.76 bits per heavy atom. The van der Waals surface area contributed by atoms with Crippen molar-refractivity contribution in [3.8, 4) is 0 Å². The zero-order chi connectivity index (χ0) is 19.2. The second-order valence-electron chi connectivity index (χ2n) is 6.62. The molecule has 1 N–H and O–H groups in total. The number of amides is 1. The summed E-state index contributed by atoms with van der Waals surface area (Å²) in [5.74, 6) is -1.52. The maximum absolute atomic E-state index is 13.2. The zero-order valence-electron chi connectivity index (χ0n) is 14.8. The fraction of sp³-hybridized carbons (Fsp3) is 0.529. The summed E-state index contributed by atoms with van der Waals surface area (Å²) in [5.41, 5.74) is 1.37. The molecule has 0 saturated heterocycles. The van der Waals surface area contributed by atoms with Crippen molar-refractivity contribution in [3.05, 3.63) is 30.3 Å². The van der Waals surface area contributed by atoms with E-state index >= 15 is 0 Å². The van der Waals surface area contributed by atoms with Crippen LogP contribution >= 0.6 is 0 Å². The van der Waals surface area contributed by atoms with Crippen LogP contribution in [-0.2, 0) is 19.6 Å². The van der Waals surface area contributed by atoms with Crippen molar-refractivity contribution in [2.45, 2.75) is 51.1 Å². The van der Waals surface area contributed by atoms with Crippen LogP contribution in [0.2, 0.25) is 0 Å². The van der Waals surface area contributed by atoms with Crippen molar-refractivity contribution < 1.29 is 22.5 Å². The summed E-state index contributed by atoms with van der Waals surface area (Å²) >= 11 is 0. The molecule has 0 saturated carbocycles. The van der Waals surface area contributed by atoms with Gasteiger partial charge in [-0.3, -0.25) is 4.79 Å². The van der Waals surface area contributed by atoms with E-state index < -0.39 is 33.9 Å². The lowest BCUT2D eigenvalue weighted by Gasteiger charge is -2.32. The van der Waals surface area contributed by atoms with Crippen LogP contribution in [0.25, 0.3) is 0 Å². The molecule has 0 unspecified atom stereocenters. The highest BCUT2D eigenvalue weighted by Crippen LogP contribution is 2.23. The minimum atomic E-state index is -4.30. The quantitative estimate of drug-likeness (QED) is 0.531. The third-order valence-corrected chi connectivity index (χ3v) is 5.58. The third-order valence-electron chi connectivity index (χ3n) is 3.74. The summed E-state index contributed by atoms with van der Waals surface area (Å²) < 4.78 is 39.7. The van der Waals surface area contributed by atoms with E-state index in [-0.39, 0.29) is 17.2 Å². The highest BCUT2D eigenvalue weighted by atomic mass is 32.2. The SMILES string of the molecule is CC(C)C[C@H](C=O)N(C(=O)[C@@H](NF)C(C)C)S(=O)(=O)c1ccccc1. The lowest BCUT2D eigenvalue weighted by molar-refractivity contribution is -0.135. The Hall–Kier alpha value is -1.80. The predicted molar refractivity (Wildman–Crippen MR) is 92.7 cm³/mol. The minimum absolute atomic E-state index is 0.0349. The van der Waals surface area contributed by atoms with Crippen molar-refractivity contribution in [2.24, 2.45) is 11.8 Å². The van der Waals surface area contributed by atoms with Gasteiger partial charge in [-0.05, 0) is 30.4 Å². The Bertz CT molecular complexity index is 677. The summed E-state index contributed by atoms with van der Waals surface area (Å²) in [7, 11) is -4.30. The minimum Gasteiger partial charge on any atom is -0.301 e. The summed E-state index contributed by atoms with van der Waals surface area (Å²) in [6, 6.07) is 4.76. The van der Waals surface area contributed by atoms with Crippen molar-refractivity contribution in [1.29, 1.82) is 0 Å². The van der Waals surface area contributed by atoms with Crippen LogP contribution in [0.15, 0.2) is 35.2 Å². The number of carbonyl (C=O) groups is 2. The molecule has 0 aliphatic rings. The molecule has 25 heavy (non-hydrogen) atoms. The van der Waals surface area contributed by atoms with Gasteiger partial charge in [0.2, 0.25) is 0 Å². The van der Waals surface area contributed by atoms with Crippen LogP contribution in [0, 0.1) is 11.8 Å². The molecule has 0 radical (unpaired) electrons. The number of halogens is 1. The average molecular weight is 372 g/mol. The molecule has 0 fully saturated rings. The molecule has 0 heterocycles. The van der Waals surface area contributed by atoms with Crippen LogP contribution < -0.4 is 5.54 Å². The molecule has 0 spiro atoms. The van der Waals surface area contributed by atoms with Crippen LogP contribution in [0.3, 0.4) is 0 Å². The maximum atomic E-state index is 13.2. The normalized spacial score (nSPS) is 14.4. The molecular formula is C17H25FN2O4S. The van der Waals surface area contributed by atoms with E-state index in [9.17, 15) is 22.5 Å². The molecule has 0 bridgehead atoms. The van der Waals surface area contributed by atoms with Crippen molar-refractivity contribution >= 4 is 22.2 Å². The van der Waals surface area contributed by atoms with Crippen molar-refractivity contribution in [2.75, 3.05) is 0 Å². The Morgan fingerprint density at radius 3 is 2.16 bits per heavy atom. The van der Waals surface area contributed by atoms with Crippen LogP contribution in [0.1, 0.15) is 34.1 Å². The number of hydrogen-bond acceptors (Lipinski definition) is 5. The number of rotatable bonds is 9. The summed E-state index contributed by atoms with van der Waals surface area (Å²) in [6.07, 6.45) is 0.576. The number of nitrogens with zero attached hydrogens (tertiary/aromatic N) is 1. The molecule has 140 valence electrons. The van der Waals surface area contributed by atoms with Gasteiger partial charge in [0, 0.05) is 0 Å². The topological polar surface area (TPSA) is 83.6 Å². The third kappa shape index (κ3) is 5.09. The van der Waals surface area contributed by atoms with Crippen LogP contribution in [0.5, 0.6) is 0 Å². The molecule has 1 aromatic rings. The van der Waals surface area contributed by atoms with E-state index in [1.54, 1.807) is 19.9 Å². The van der Waals surface area contributed by atoms with E-state index in [4.69, 9.17) is 0 Å². The second-order valence-corrected chi connectivity index (χ2v) is 8.43. The molecular weight excluding hydrogens is 347 g/mol. The number of sulfonamides is 1. The van der Waals surface area contributed by atoms with Crippen molar-refractivity contribution in [3.63, 3.8) is 0 Å². The number of hydrogen-bond donors (Lipinski definition) is 1. The van der Waals surface area contributed by atoms with E-state index in [1.807, 2.05) is 13.8 Å². The largest absolute Gasteiger partial charge is 0.301 e. The first-order valence-electron chi connectivity index (χ1n) is 8.11. The van der Waals surface area contributed by atoms with E-state index in [1.165, 1.54) is 29.8 Å². The van der Waals surface area contributed by atoms with Gasteiger partial charge in [-0.2, -0.15) is 0 Å². The lowest BCUT2D eigenvalue weighted by atomic mass is 10.0. The predicted octanol–water partition coefficient (Wildman–Crippen LogP) is 2.32. The Balaban J connectivity index is 3.46. The maximum Gasteiger partial charge on any atom is 0.267 e. The number of aldehydes is 1. The first-order chi connectivity index (χ1) is 11.7. The number of carbonyl (C=O) groups excluding carboxylic acids is 2. The molecule has 8 heteroatoms. The smallest absolute Gasteiger partial charge is 0.267 e. The molecule has 1 aromatic carbocycles. The molecule has 6 nitrogen and oxygen atoms in total. The zero-order valence-corrected chi connectivity index (χ0v) is 15.7. The second kappa shape index (κ2) is 9.05. The van der Waals surface area contributed by atoms with Gasteiger partial charge in [0.05, 0.1) is 4.90 Å². The van der Waals surface area contributed by atoms with Gasteiger partial charge in [-0.1, -0.05) is 45.9 Å². The van der Waals surface area contributed by atoms with Gasteiger partial charge in [0.1, 0.15) is 18.4 Å². The highest BCUT2D eigenvalue weighted by Gasteiger charge is 2.40. The van der Waals surface area contributed by atoms with Crippen LogP contribution in [0.4, 0.5) is 4.48 Å². The van der Waals surface area contributed by atoms with Gasteiger partial charge in [0.25, 0.3) is 15.9 Å². The van der Waals surface area contributed by atoms with Crippen molar-refractivity contribution in [1.82, 2.24) is 9.84 Å². The van der Waals surface area contributed by atoms with Gasteiger partial charge in [0.15, 0.2) is 0 Å². The van der Waals surface area contributed by atoms with Crippen LogP contribution in [-0.4, -0.2) is 37.0 Å². The summed E-state index contributed by atoms with van der Waals surface area (Å²) in [5, 5.41) is 0. The Morgan fingerprint density at radius 1 is 1.20 bits per heavy atom.